The summed E-state index contributed by atoms with van der Waals surface area (Å²) in [6.45, 7) is 2.28. The smallest absolute Gasteiger partial charge is 0.144 e. The maximum absolute atomic E-state index is 5.63. The highest BCUT2D eigenvalue weighted by Crippen LogP contribution is 2.12. The Kier molecular flexibility index (Phi) is 8.24. The van der Waals surface area contributed by atoms with Crippen LogP contribution in [-0.4, -0.2) is 17.1 Å². The minimum absolute atomic E-state index is 0.826. The standard InChI is InChI=1S/C29H37N3O/c1-3-4-5-6-7-8-9-10-11-15-23-17-18-24(30-23)20-28-29(33-2)21-27(32-28)26-19-22-14-12-13-16-25(22)31-26/h12-14,16-21,30,32H,3-11,15H2,1-2H3/b27-26-,28-20-. The first-order chi connectivity index (χ1) is 16.3. The number of hydrogen-bond donors (Lipinski definition) is 2. The Morgan fingerprint density at radius 2 is 1.64 bits per heavy atom. The average molecular weight is 444 g/mol. The summed E-state index contributed by atoms with van der Waals surface area (Å²) in [5.74, 6) is 0.826. The van der Waals surface area contributed by atoms with E-state index in [0.29, 0.717) is 0 Å². The van der Waals surface area contributed by atoms with E-state index in [1.54, 1.807) is 7.11 Å². The van der Waals surface area contributed by atoms with Gasteiger partial charge in [-0.3, -0.25) is 0 Å². The van der Waals surface area contributed by atoms with E-state index >= 15 is 0 Å². The van der Waals surface area contributed by atoms with Crippen molar-refractivity contribution >= 4 is 17.8 Å². The van der Waals surface area contributed by atoms with Crippen LogP contribution >= 0.6 is 0 Å². The SMILES string of the molecule is CCCCCCCCCCCc1ccc(/C=c2\[nH]/c(=C3/C=c4ccccc4=N3)cc2OC)[nH]1. The second kappa shape index (κ2) is 11.7. The van der Waals surface area contributed by atoms with Crippen LogP contribution in [0.3, 0.4) is 0 Å². The molecule has 0 amide bonds. The summed E-state index contributed by atoms with van der Waals surface area (Å²) in [6.07, 6.45) is 17.6. The molecular formula is C29H37N3O. The molecule has 1 aromatic carbocycles. The highest BCUT2D eigenvalue weighted by atomic mass is 16.5. The van der Waals surface area contributed by atoms with Gasteiger partial charge in [0.05, 0.1) is 28.9 Å². The van der Waals surface area contributed by atoms with Crippen LogP contribution in [0.25, 0.3) is 17.8 Å². The fraction of sp³-hybridized carbons (Fsp3) is 0.414. The minimum Gasteiger partial charge on any atom is -0.494 e. The molecule has 0 fully saturated rings. The second-order valence-electron chi connectivity index (χ2n) is 9.03. The molecule has 4 heteroatoms. The van der Waals surface area contributed by atoms with Crippen molar-refractivity contribution in [3.63, 3.8) is 0 Å². The van der Waals surface area contributed by atoms with E-state index in [1.807, 2.05) is 24.3 Å². The van der Waals surface area contributed by atoms with Crippen molar-refractivity contribution in [3.05, 3.63) is 75.1 Å². The van der Waals surface area contributed by atoms with E-state index in [1.165, 1.54) is 63.5 Å². The summed E-state index contributed by atoms with van der Waals surface area (Å²) in [5, 5.41) is 4.08. The topological polar surface area (TPSA) is 53.2 Å². The van der Waals surface area contributed by atoms with Gasteiger partial charge in [0.25, 0.3) is 0 Å². The summed E-state index contributed by atoms with van der Waals surface area (Å²) in [7, 11) is 1.71. The molecule has 0 saturated carbocycles. The van der Waals surface area contributed by atoms with Crippen molar-refractivity contribution in [1.82, 2.24) is 9.97 Å². The summed E-state index contributed by atoms with van der Waals surface area (Å²) in [6, 6.07) is 14.6. The second-order valence-corrected chi connectivity index (χ2v) is 9.03. The normalized spacial score (nSPS) is 14.8. The highest BCUT2D eigenvalue weighted by Gasteiger charge is 2.06. The van der Waals surface area contributed by atoms with E-state index in [0.717, 1.165) is 44.8 Å². The van der Waals surface area contributed by atoms with Crippen LogP contribution in [0.1, 0.15) is 76.1 Å². The van der Waals surface area contributed by atoms with Crippen LogP contribution in [0.4, 0.5) is 0 Å². The third-order valence-corrected chi connectivity index (χ3v) is 6.39. The Morgan fingerprint density at radius 3 is 2.39 bits per heavy atom. The summed E-state index contributed by atoms with van der Waals surface area (Å²) >= 11 is 0. The number of hydrogen-bond acceptors (Lipinski definition) is 2. The third-order valence-electron chi connectivity index (χ3n) is 6.39. The van der Waals surface area contributed by atoms with Crippen LogP contribution in [0.5, 0.6) is 5.75 Å². The number of aromatic nitrogens is 2. The zero-order valence-corrected chi connectivity index (χ0v) is 20.1. The first-order valence-electron chi connectivity index (χ1n) is 12.6. The summed E-state index contributed by atoms with van der Waals surface area (Å²) in [4.78, 5) is 11.8. The third kappa shape index (κ3) is 6.28. The highest BCUT2D eigenvalue weighted by molar-refractivity contribution is 5.76. The van der Waals surface area contributed by atoms with Crippen molar-refractivity contribution in [2.24, 2.45) is 4.99 Å². The molecule has 0 spiro atoms. The molecule has 0 aliphatic carbocycles. The predicted octanol–water partition coefficient (Wildman–Crippen LogP) is 4.48. The molecule has 2 aromatic heterocycles. The Hall–Kier alpha value is -3.01. The molecule has 0 atom stereocenters. The number of fused-ring (bicyclic) bond motifs is 1. The first-order valence-corrected chi connectivity index (χ1v) is 12.6. The molecule has 174 valence electrons. The lowest BCUT2D eigenvalue weighted by molar-refractivity contribution is 0.412. The zero-order valence-electron chi connectivity index (χ0n) is 20.1. The van der Waals surface area contributed by atoms with E-state index < -0.39 is 0 Å². The first kappa shape index (κ1) is 23.2. The van der Waals surface area contributed by atoms with E-state index in [4.69, 9.17) is 9.73 Å². The lowest BCUT2D eigenvalue weighted by Gasteiger charge is -2.01. The van der Waals surface area contributed by atoms with Gasteiger partial charge >= 0.3 is 0 Å². The van der Waals surface area contributed by atoms with Gasteiger partial charge < -0.3 is 14.7 Å². The fourth-order valence-electron chi connectivity index (χ4n) is 4.50. The van der Waals surface area contributed by atoms with Crippen LogP contribution in [0.2, 0.25) is 0 Å². The number of aromatic amines is 2. The Bertz CT molecular complexity index is 1240. The van der Waals surface area contributed by atoms with Gasteiger partial charge in [-0.15, -0.1) is 0 Å². The van der Waals surface area contributed by atoms with Gasteiger partial charge in [0.1, 0.15) is 5.75 Å². The van der Waals surface area contributed by atoms with E-state index in [-0.39, 0.29) is 0 Å². The maximum atomic E-state index is 5.63. The summed E-state index contributed by atoms with van der Waals surface area (Å²) in [5.41, 5.74) is 3.33. The number of para-hydroxylation sites is 1. The number of ether oxygens (including phenoxy) is 1. The van der Waals surface area contributed by atoms with Crippen molar-refractivity contribution in [3.8, 4) is 5.75 Å². The van der Waals surface area contributed by atoms with Crippen molar-refractivity contribution in [2.75, 3.05) is 7.11 Å². The Labute approximate surface area is 196 Å². The number of nitrogens with one attached hydrogen (secondary N) is 2. The van der Waals surface area contributed by atoms with Gasteiger partial charge in [-0.2, -0.15) is 0 Å². The molecule has 1 aliphatic heterocycles. The number of unbranched alkanes of at least 4 members (excludes halogenated alkanes) is 8. The van der Waals surface area contributed by atoms with Crippen LogP contribution < -0.4 is 26.0 Å². The van der Waals surface area contributed by atoms with E-state index in [9.17, 15) is 0 Å². The molecule has 4 nitrogen and oxygen atoms in total. The van der Waals surface area contributed by atoms with Crippen LogP contribution in [-0.2, 0) is 6.42 Å². The monoisotopic (exact) mass is 443 g/mol. The predicted molar refractivity (Wildman–Crippen MR) is 137 cm³/mol. The van der Waals surface area contributed by atoms with E-state index in [2.05, 4.69) is 47.2 Å². The number of rotatable bonds is 12. The van der Waals surface area contributed by atoms with Crippen molar-refractivity contribution in [1.29, 1.82) is 0 Å². The molecule has 33 heavy (non-hydrogen) atoms. The van der Waals surface area contributed by atoms with Gasteiger partial charge in [0.15, 0.2) is 0 Å². The van der Waals surface area contributed by atoms with Gasteiger partial charge in [0, 0.05) is 22.7 Å². The quantitative estimate of drug-likeness (QED) is 0.399. The van der Waals surface area contributed by atoms with Crippen LogP contribution in [0, 0.1) is 0 Å². The fourth-order valence-corrected chi connectivity index (χ4v) is 4.50. The number of methoxy groups -OCH3 is 1. The van der Waals surface area contributed by atoms with Crippen molar-refractivity contribution < 1.29 is 4.74 Å². The molecule has 3 heterocycles. The number of H-pyrrole nitrogens is 2. The lowest BCUT2D eigenvalue weighted by atomic mass is 10.1. The molecule has 0 radical (unpaired) electrons. The lowest BCUT2D eigenvalue weighted by Crippen LogP contribution is -2.19. The largest absolute Gasteiger partial charge is 0.494 e. The van der Waals surface area contributed by atoms with Crippen molar-refractivity contribution in [2.45, 2.75) is 71.1 Å². The average Bonchev–Trinajstić information content (AvgIpc) is 3.56. The van der Waals surface area contributed by atoms with Crippen LogP contribution in [0.15, 0.2) is 47.5 Å². The molecule has 2 N–H and O–H groups in total. The zero-order chi connectivity index (χ0) is 22.9. The number of aryl methyl sites for hydroxylation is 1. The molecule has 0 saturated heterocycles. The van der Waals surface area contributed by atoms with Gasteiger partial charge in [-0.25, -0.2) is 4.99 Å². The Balaban J connectivity index is 1.37. The number of benzene rings is 1. The molecule has 1 aliphatic rings. The molecule has 4 rings (SSSR count). The van der Waals surface area contributed by atoms with Gasteiger partial charge in [-0.05, 0) is 43.2 Å². The molecular weight excluding hydrogens is 406 g/mol. The molecule has 3 aromatic rings. The molecule has 0 unspecified atom stereocenters. The van der Waals surface area contributed by atoms with Gasteiger partial charge in [-0.1, -0.05) is 76.5 Å². The van der Waals surface area contributed by atoms with Gasteiger partial charge in [0.2, 0.25) is 0 Å². The Morgan fingerprint density at radius 1 is 0.879 bits per heavy atom. The molecule has 0 bridgehead atoms. The minimum atomic E-state index is 0.826. The summed E-state index contributed by atoms with van der Waals surface area (Å²) < 4.78 is 5.63. The number of nitrogens with zero attached hydrogens (tertiary/aromatic N) is 1. The maximum Gasteiger partial charge on any atom is 0.144 e.